The standard InChI is InChI=1S/C26H34N2O2/c1-21-6-5-15-28(18-21)19-22-9-11-23(12-10-22)25(29)27-20-26(13-16-30-17-14-26)24-7-3-2-4-8-24/h2-4,7-12,21H,5-6,13-20H2,1H3,(H,27,29)/t21-/m0/s1. The van der Waals surface area contributed by atoms with Crippen LogP contribution in [0.3, 0.4) is 0 Å². The third-order valence-corrected chi connectivity index (χ3v) is 6.79. The van der Waals surface area contributed by atoms with Crippen molar-refractivity contribution in [3.05, 3.63) is 71.3 Å². The lowest BCUT2D eigenvalue weighted by Gasteiger charge is -2.38. The van der Waals surface area contributed by atoms with Gasteiger partial charge in [-0.25, -0.2) is 0 Å². The van der Waals surface area contributed by atoms with Crippen molar-refractivity contribution in [2.75, 3.05) is 32.8 Å². The van der Waals surface area contributed by atoms with Crippen molar-refractivity contribution in [1.82, 2.24) is 10.2 Å². The Morgan fingerprint density at radius 2 is 1.83 bits per heavy atom. The van der Waals surface area contributed by atoms with Crippen molar-refractivity contribution in [2.45, 2.75) is 44.6 Å². The predicted octanol–water partition coefficient (Wildman–Crippen LogP) is 4.40. The van der Waals surface area contributed by atoms with Crippen LogP contribution in [0.15, 0.2) is 54.6 Å². The highest BCUT2D eigenvalue weighted by Crippen LogP contribution is 2.34. The summed E-state index contributed by atoms with van der Waals surface area (Å²) in [5.74, 6) is 0.792. The summed E-state index contributed by atoms with van der Waals surface area (Å²) in [5.41, 5.74) is 3.27. The van der Waals surface area contributed by atoms with Gasteiger partial charge in [0.1, 0.15) is 0 Å². The smallest absolute Gasteiger partial charge is 0.251 e. The van der Waals surface area contributed by atoms with Crippen LogP contribution in [-0.4, -0.2) is 43.7 Å². The molecule has 2 aliphatic rings. The Hall–Kier alpha value is -2.17. The van der Waals surface area contributed by atoms with Gasteiger partial charge in [-0.2, -0.15) is 0 Å². The number of amides is 1. The summed E-state index contributed by atoms with van der Waals surface area (Å²) in [5, 5.41) is 3.21. The quantitative estimate of drug-likeness (QED) is 0.773. The molecule has 2 aliphatic heterocycles. The van der Waals surface area contributed by atoms with Gasteiger partial charge < -0.3 is 10.1 Å². The summed E-state index contributed by atoms with van der Waals surface area (Å²) >= 11 is 0. The minimum Gasteiger partial charge on any atom is -0.381 e. The lowest BCUT2D eigenvalue weighted by molar-refractivity contribution is 0.0487. The lowest BCUT2D eigenvalue weighted by atomic mass is 9.74. The molecule has 160 valence electrons. The molecule has 0 unspecified atom stereocenters. The molecule has 2 fully saturated rings. The van der Waals surface area contributed by atoms with E-state index in [1.165, 1.54) is 37.1 Å². The number of rotatable bonds is 6. The minimum absolute atomic E-state index is 0.00921. The maximum Gasteiger partial charge on any atom is 0.251 e. The van der Waals surface area contributed by atoms with Crippen LogP contribution in [0.2, 0.25) is 0 Å². The van der Waals surface area contributed by atoms with E-state index in [2.05, 4.69) is 53.5 Å². The number of hydrogen-bond acceptors (Lipinski definition) is 3. The van der Waals surface area contributed by atoms with E-state index >= 15 is 0 Å². The molecule has 0 saturated carbocycles. The van der Waals surface area contributed by atoms with Crippen LogP contribution in [0.25, 0.3) is 0 Å². The Morgan fingerprint density at radius 3 is 2.53 bits per heavy atom. The van der Waals surface area contributed by atoms with Gasteiger partial charge in [0.2, 0.25) is 0 Å². The number of nitrogens with zero attached hydrogens (tertiary/aromatic N) is 1. The molecular weight excluding hydrogens is 372 g/mol. The molecule has 0 radical (unpaired) electrons. The fourth-order valence-corrected chi connectivity index (χ4v) is 4.92. The number of ether oxygens (including phenoxy) is 1. The zero-order chi connectivity index (χ0) is 20.8. The second kappa shape index (κ2) is 9.76. The second-order valence-corrected chi connectivity index (χ2v) is 9.12. The third kappa shape index (κ3) is 5.11. The summed E-state index contributed by atoms with van der Waals surface area (Å²) in [6.07, 6.45) is 4.50. The first-order valence-corrected chi connectivity index (χ1v) is 11.4. The molecule has 4 rings (SSSR count). The van der Waals surface area contributed by atoms with E-state index in [0.29, 0.717) is 6.54 Å². The summed E-state index contributed by atoms with van der Waals surface area (Å²) in [6, 6.07) is 18.7. The number of piperidine rings is 1. The van der Waals surface area contributed by atoms with Gasteiger partial charge in [-0.3, -0.25) is 9.69 Å². The Balaban J connectivity index is 1.37. The molecule has 1 atom stereocenters. The van der Waals surface area contributed by atoms with Crippen LogP contribution in [0.1, 0.15) is 54.1 Å². The lowest BCUT2D eigenvalue weighted by Crippen LogP contribution is -2.44. The predicted molar refractivity (Wildman–Crippen MR) is 121 cm³/mol. The minimum atomic E-state index is -0.0416. The summed E-state index contributed by atoms with van der Waals surface area (Å²) < 4.78 is 5.60. The molecular formula is C26H34N2O2. The highest BCUT2D eigenvalue weighted by molar-refractivity contribution is 5.94. The second-order valence-electron chi connectivity index (χ2n) is 9.12. The van der Waals surface area contributed by atoms with Crippen molar-refractivity contribution >= 4 is 5.91 Å². The molecule has 4 nitrogen and oxygen atoms in total. The molecule has 0 aromatic heterocycles. The van der Waals surface area contributed by atoms with Gasteiger partial charge in [0.05, 0.1) is 0 Å². The van der Waals surface area contributed by atoms with Gasteiger partial charge in [-0.1, -0.05) is 49.4 Å². The molecule has 1 amide bonds. The molecule has 0 spiro atoms. The number of carbonyl (C=O) groups excluding carboxylic acids is 1. The van der Waals surface area contributed by atoms with Crippen LogP contribution in [-0.2, 0) is 16.7 Å². The first kappa shape index (κ1) is 21.1. The highest BCUT2D eigenvalue weighted by atomic mass is 16.5. The van der Waals surface area contributed by atoms with Crippen molar-refractivity contribution in [2.24, 2.45) is 5.92 Å². The first-order chi connectivity index (χ1) is 14.6. The van der Waals surface area contributed by atoms with Gasteiger partial charge in [0.25, 0.3) is 5.91 Å². The van der Waals surface area contributed by atoms with Gasteiger partial charge in [-0.15, -0.1) is 0 Å². The summed E-state index contributed by atoms with van der Waals surface area (Å²) in [7, 11) is 0. The molecule has 0 aliphatic carbocycles. The Bertz CT molecular complexity index is 813. The number of carbonyl (C=O) groups is 1. The zero-order valence-corrected chi connectivity index (χ0v) is 18.1. The molecule has 0 bridgehead atoms. The Labute approximate surface area is 180 Å². The highest BCUT2D eigenvalue weighted by Gasteiger charge is 2.34. The number of hydrogen-bond donors (Lipinski definition) is 1. The molecule has 30 heavy (non-hydrogen) atoms. The van der Waals surface area contributed by atoms with E-state index in [1.54, 1.807) is 0 Å². The fraction of sp³-hybridized carbons (Fsp3) is 0.500. The van der Waals surface area contributed by atoms with E-state index in [-0.39, 0.29) is 11.3 Å². The van der Waals surface area contributed by atoms with Crippen LogP contribution in [0.5, 0.6) is 0 Å². The number of benzene rings is 2. The Morgan fingerprint density at radius 1 is 1.10 bits per heavy atom. The van der Waals surface area contributed by atoms with Gasteiger partial charge >= 0.3 is 0 Å². The maximum absolute atomic E-state index is 12.9. The molecule has 1 N–H and O–H groups in total. The zero-order valence-electron chi connectivity index (χ0n) is 18.1. The summed E-state index contributed by atoms with van der Waals surface area (Å²) in [4.78, 5) is 15.4. The van der Waals surface area contributed by atoms with Gasteiger partial charge in [0, 0.05) is 43.8 Å². The monoisotopic (exact) mass is 406 g/mol. The van der Waals surface area contributed by atoms with Crippen LogP contribution in [0, 0.1) is 5.92 Å². The van der Waals surface area contributed by atoms with E-state index < -0.39 is 0 Å². The van der Waals surface area contributed by atoms with E-state index in [1.807, 2.05) is 18.2 Å². The van der Waals surface area contributed by atoms with Crippen molar-refractivity contribution in [3.8, 4) is 0 Å². The average molecular weight is 407 g/mol. The largest absolute Gasteiger partial charge is 0.381 e. The molecule has 2 heterocycles. The fourth-order valence-electron chi connectivity index (χ4n) is 4.92. The van der Waals surface area contributed by atoms with Crippen LogP contribution >= 0.6 is 0 Å². The topological polar surface area (TPSA) is 41.6 Å². The van der Waals surface area contributed by atoms with E-state index in [9.17, 15) is 4.79 Å². The van der Waals surface area contributed by atoms with Gasteiger partial charge in [-0.05, 0) is 61.4 Å². The summed E-state index contributed by atoms with van der Waals surface area (Å²) in [6.45, 7) is 7.80. The first-order valence-electron chi connectivity index (χ1n) is 11.4. The molecule has 2 aromatic rings. The van der Waals surface area contributed by atoms with Crippen LogP contribution < -0.4 is 5.32 Å². The van der Waals surface area contributed by atoms with Crippen LogP contribution in [0.4, 0.5) is 0 Å². The molecule has 2 aromatic carbocycles. The van der Waals surface area contributed by atoms with Crippen molar-refractivity contribution < 1.29 is 9.53 Å². The number of likely N-dealkylation sites (tertiary alicyclic amines) is 1. The van der Waals surface area contributed by atoms with Crippen molar-refractivity contribution in [3.63, 3.8) is 0 Å². The molecule has 2 saturated heterocycles. The normalized spacial score (nSPS) is 21.8. The Kier molecular flexibility index (Phi) is 6.86. The third-order valence-electron chi connectivity index (χ3n) is 6.79. The SMILES string of the molecule is C[C@H]1CCCN(Cc2ccc(C(=O)NCC3(c4ccccc4)CCOCC3)cc2)C1. The van der Waals surface area contributed by atoms with E-state index in [0.717, 1.165) is 44.1 Å². The average Bonchev–Trinajstić information content (AvgIpc) is 2.79. The van der Waals surface area contributed by atoms with E-state index in [4.69, 9.17) is 4.74 Å². The number of nitrogens with one attached hydrogen (secondary N) is 1. The van der Waals surface area contributed by atoms with Gasteiger partial charge in [0.15, 0.2) is 0 Å². The van der Waals surface area contributed by atoms with Crippen molar-refractivity contribution in [1.29, 1.82) is 0 Å². The maximum atomic E-state index is 12.9. The molecule has 4 heteroatoms.